The molecule has 0 atom stereocenters. The lowest BCUT2D eigenvalue weighted by Gasteiger charge is -2.26. The molecule has 1 aliphatic rings. The molecule has 0 spiro atoms. The molecule has 30 heavy (non-hydrogen) atoms. The van der Waals surface area contributed by atoms with E-state index >= 15 is 0 Å². The van der Waals surface area contributed by atoms with Gasteiger partial charge in [-0.25, -0.2) is 4.63 Å². The summed E-state index contributed by atoms with van der Waals surface area (Å²) in [6.07, 6.45) is 3.41. The largest absolute Gasteiger partial charge is 0.378 e. The Labute approximate surface area is 172 Å². The predicted octanol–water partition coefficient (Wildman–Crippen LogP) is 1.12. The molecule has 0 bridgehead atoms. The number of carbonyl (C=O) groups is 1. The standard InChI is InChI=1S/C19H23N9O2/c1-13(14-8-4-2-5-9-14)21-23-19(29)16-15(12-27-10-6-3-7-11-27)28(26-22-16)18-17(20)24-30-25-18/h2,4-5,8-9,21H,1,3,6-7,10-12H2,(H2,20,24)(H,23,29). The molecule has 11 nitrogen and oxygen atoms in total. The molecule has 0 saturated carbocycles. The third-order valence-corrected chi connectivity index (χ3v) is 4.95. The maximum atomic E-state index is 12.9. The minimum atomic E-state index is -0.444. The number of hydrogen-bond donors (Lipinski definition) is 3. The maximum Gasteiger partial charge on any atom is 0.292 e. The third kappa shape index (κ3) is 4.15. The van der Waals surface area contributed by atoms with Crippen LogP contribution in [0.2, 0.25) is 0 Å². The van der Waals surface area contributed by atoms with Crippen molar-refractivity contribution >= 4 is 17.4 Å². The van der Waals surface area contributed by atoms with Crippen molar-refractivity contribution in [2.45, 2.75) is 25.8 Å². The lowest BCUT2D eigenvalue weighted by atomic mass is 10.1. The van der Waals surface area contributed by atoms with Crippen LogP contribution in [0.4, 0.5) is 5.82 Å². The van der Waals surface area contributed by atoms with Crippen LogP contribution in [0.5, 0.6) is 0 Å². The smallest absolute Gasteiger partial charge is 0.292 e. The first-order valence-corrected chi connectivity index (χ1v) is 9.69. The zero-order chi connectivity index (χ0) is 20.9. The number of anilines is 1. The van der Waals surface area contributed by atoms with E-state index in [4.69, 9.17) is 10.4 Å². The van der Waals surface area contributed by atoms with E-state index < -0.39 is 5.91 Å². The van der Waals surface area contributed by atoms with Crippen molar-refractivity contribution in [3.8, 4) is 5.82 Å². The number of likely N-dealkylation sites (tertiary alicyclic amines) is 1. The van der Waals surface area contributed by atoms with Crippen molar-refractivity contribution in [2.24, 2.45) is 0 Å². The summed E-state index contributed by atoms with van der Waals surface area (Å²) in [7, 11) is 0. The van der Waals surface area contributed by atoms with E-state index in [0.717, 1.165) is 31.5 Å². The van der Waals surface area contributed by atoms with E-state index in [0.29, 0.717) is 17.9 Å². The van der Waals surface area contributed by atoms with Gasteiger partial charge in [-0.1, -0.05) is 48.5 Å². The Morgan fingerprint density at radius 3 is 2.60 bits per heavy atom. The average Bonchev–Trinajstić information content (AvgIpc) is 3.39. The highest BCUT2D eigenvalue weighted by atomic mass is 16.6. The number of nitrogens with two attached hydrogens (primary N) is 1. The Balaban J connectivity index is 1.55. The molecule has 1 amide bonds. The van der Waals surface area contributed by atoms with Gasteiger partial charge in [-0.15, -0.1) is 5.10 Å². The molecule has 1 fully saturated rings. The highest BCUT2D eigenvalue weighted by molar-refractivity contribution is 5.93. The molecule has 2 aromatic heterocycles. The van der Waals surface area contributed by atoms with Crippen LogP contribution in [0.15, 0.2) is 41.5 Å². The zero-order valence-corrected chi connectivity index (χ0v) is 16.4. The minimum Gasteiger partial charge on any atom is -0.378 e. The Hall–Kier alpha value is -3.73. The monoisotopic (exact) mass is 409 g/mol. The molecule has 156 valence electrons. The molecule has 3 heterocycles. The van der Waals surface area contributed by atoms with Crippen LogP contribution in [-0.2, 0) is 6.54 Å². The number of amides is 1. The van der Waals surface area contributed by atoms with Crippen molar-refractivity contribution in [2.75, 3.05) is 18.8 Å². The molecule has 0 unspecified atom stereocenters. The number of hydrogen-bond acceptors (Lipinski definition) is 9. The molecular weight excluding hydrogens is 386 g/mol. The van der Waals surface area contributed by atoms with Crippen molar-refractivity contribution in [3.63, 3.8) is 0 Å². The van der Waals surface area contributed by atoms with Gasteiger partial charge in [0.15, 0.2) is 5.69 Å². The van der Waals surface area contributed by atoms with Crippen LogP contribution in [0, 0.1) is 0 Å². The quantitative estimate of drug-likeness (QED) is 0.490. The molecule has 4 N–H and O–H groups in total. The van der Waals surface area contributed by atoms with Crippen molar-refractivity contribution < 1.29 is 9.42 Å². The van der Waals surface area contributed by atoms with E-state index in [1.807, 2.05) is 30.3 Å². The summed E-state index contributed by atoms with van der Waals surface area (Å²) in [6.45, 7) is 6.28. The van der Waals surface area contributed by atoms with Gasteiger partial charge < -0.3 is 5.73 Å². The van der Waals surface area contributed by atoms with Gasteiger partial charge in [-0.2, -0.15) is 4.68 Å². The van der Waals surface area contributed by atoms with Crippen molar-refractivity contribution in [1.29, 1.82) is 0 Å². The second-order valence-electron chi connectivity index (χ2n) is 7.03. The van der Waals surface area contributed by atoms with Crippen LogP contribution in [0.25, 0.3) is 11.5 Å². The Morgan fingerprint density at radius 1 is 1.13 bits per heavy atom. The first-order valence-electron chi connectivity index (χ1n) is 9.69. The summed E-state index contributed by atoms with van der Waals surface area (Å²) < 4.78 is 6.09. The second-order valence-corrected chi connectivity index (χ2v) is 7.03. The van der Waals surface area contributed by atoms with Crippen LogP contribution in [0.1, 0.15) is 41.0 Å². The number of benzene rings is 1. The number of piperidine rings is 1. The fourth-order valence-electron chi connectivity index (χ4n) is 3.36. The molecule has 0 aliphatic carbocycles. The number of hydrazine groups is 1. The summed E-state index contributed by atoms with van der Waals surface area (Å²) in [5.74, 6) is -0.169. The van der Waals surface area contributed by atoms with Crippen LogP contribution < -0.4 is 16.6 Å². The molecule has 4 rings (SSSR count). The first-order chi connectivity index (χ1) is 14.6. The molecule has 3 aromatic rings. The van der Waals surface area contributed by atoms with Gasteiger partial charge in [0.25, 0.3) is 5.91 Å². The summed E-state index contributed by atoms with van der Waals surface area (Å²) in [4.78, 5) is 15.1. The summed E-state index contributed by atoms with van der Waals surface area (Å²) >= 11 is 0. The van der Waals surface area contributed by atoms with Gasteiger partial charge in [0.1, 0.15) is 0 Å². The molecular formula is C19H23N9O2. The Kier molecular flexibility index (Phi) is 5.70. The highest BCUT2D eigenvalue weighted by Gasteiger charge is 2.26. The first kappa shape index (κ1) is 19.6. The van der Waals surface area contributed by atoms with Crippen molar-refractivity contribution in [3.05, 3.63) is 53.9 Å². The molecule has 1 saturated heterocycles. The minimum absolute atomic E-state index is 0.0716. The van der Waals surface area contributed by atoms with Gasteiger partial charge in [-0.3, -0.25) is 20.5 Å². The Bertz CT molecular complexity index is 1020. The number of rotatable bonds is 7. The second kappa shape index (κ2) is 8.74. The number of nitrogens with one attached hydrogen (secondary N) is 2. The summed E-state index contributed by atoms with van der Waals surface area (Å²) in [5, 5.41) is 15.5. The summed E-state index contributed by atoms with van der Waals surface area (Å²) in [6, 6.07) is 9.47. The molecule has 1 aromatic carbocycles. The van der Waals surface area contributed by atoms with Gasteiger partial charge >= 0.3 is 0 Å². The summed E-state index contributed by atoms with van der Waals surface area (Å²) in [5.41, 5.74) is 13.4. The SMILES string of the molecule is C=C(NNC(=O)c1nnn(-c2nonc2N)c1CN1CCCCC1)c1ccccc1. The number of aromatic nitrogens is 5. The lowest BCUT2D eigenvalue weighted by molar-refractivity contribution is 0.0934. The van der Waals surface area contributed by atoms with Gasteiger partial charge in [0.05, 0.1) is 11.4 Å². The predicted molar refractivity (Wildman–Crippen MR) is 109 cm³/mol. The van der Waals surface area contributed by atoms with E-state index in [1.54, 1.807) is 0 Å². The zero-order valence-electron chi connectivity index (χ0n) is 16.4. The maximum absolute atomic E-state index is 12.9. The van der Waals surface area contributed by atoms with Crippen molar-refractivity contribution in [1.82, 2.24) is 41.1 Å². The van der Waals surface area contributed by atoms with E-state index in [1.165, 1.54) is 11.1 Å². The fourth-order valence-corrected chi connectivity index (χ4v) is 3.36. The van der Waals surface area contributed by atoms with E-state index in [2.05, 4.69) is 43.0 Å². The number of carbonyl (C=O) groups excluding carboxylic acids is 1. The van der Waals surface area contributed by atoms with Crippen LogP contribution in [-0.4, -0.2) is 49.2 Å². The third-order valence-electron chi connectivity index (χ3n) is 4.95. The highest BCUT2D eigenvalue weighted by Crippen LogP contribution is 2.19. The van der Waals surface area contributed by atoms with Gasteiger partial charge in [0, 0.05) is 6.54 Å². The lowest BCUT2D eigenvalue weighted by Crippen LogP contribution is -2.37. The van der Waals surface area contributed by atoms with Gasteiger partial charge in [-0.05, 0) is 41.8 Å². The molecule has 1 aliphatic heterocycles. The normalized spacial score (nSPS) is 14.4. The van der Waals surface area contributed by atoms with Crippen LogP contribution in [0.3, 0.4) is 0 Å². The molecule has 0 radical (unpaired) electrons. The van der Waals surface area contributed by atoms with Gasteiger partial charge in [0.2, 0.25) is 11.6 Å². The fraction of sp³-hybridized carbons (Fsp3) is 0.316. The average molecular weight is 409 g/mol. The number of nitrogen functional groups attached to an aromatic ring is 1. The number of nitrogens with zero attached hydrogens (tertiary/aromatic N) is 6. The topological polar surface area (TPSA) is 140 Å². The van der Waals surface area contributed by atoms with Crippen LogP contribution >= 0.6 is 0 Å². The Morgan fingerprint density at radius 2 is 1.90 bits per heavy atom. The molecule has 11 heteroatoms. The van der Waals surface area contributed by atoms with E-state index in [-0.39, 0.29) is 17.3 Å². The van der Waals surface area contributed by atoms with E-state index in [9.17, 15) is 4.79 Å².